The van der Waals surface area contributed by atoms with Gasteiger partial charge in [-0.05, 0) is 33.8 Å². The first kappa shape index (κ1) is 23.6. The van der Waals surface area contributed by atoms with E-state index in [1.807, 2.05) is 6.92 Å². The summed E-state index contributed by atoms with van der Waals surface area (Å²) in [4.78, 5) is 24.1. The van der Waals surface area contributed by atoms with Crippen LogP contribution in [0.2, 0.25) is 5.02 Å². The summed E-state index contributed by atoms with van der Waals surface area (Å²) in [6, 6.07) is 0.976. The number of ether oxygens (including phenoxy) is 1. The van der Waals surface area contributed by atoms with E-state index in [4.69, 9.17) is 20.8 Å². The molecule has 0 N–H and O–H groups in total. The average Bonchev–Trinajstić information content (AvgIpc) is 3.34. The lowest BCUT2D eigenvalue weighted by molar-refractivity contribution is -0.136. The van der Waals surface area contributed by atoms with Crippen molar-refractivity contribution in [2.75, 3.05) is 24.5 Å². The zero-order valence-electron chi connectivity index (χ0n) is 18.4. The molecule has 2 aromatic heterocycles. The Hall–Kier alpha value is -2.53. The molecular weight excluding hydrogens is 481 g/mol. The van der Waals surface area contributed by atoms with Gasteiger partial charge in [-0.2, -0.15) is 18.2 Å². The van der Waals surface area contributed by atoms with E-state index in [1.165, 1.54) is 17.4 Å². The lowest BCUT2D eigenvalue weighted by atomic mass is 10.1. The fourth-order valence-electron chi connectivity index (χ4n) is 3.68. The summed E-state index contributed by atoms with van der Waals surface area (Å²) in [5, 5.41) is 1.71. The summed E-state index contributed by atoms with van der Waals surface area (Å²) in [7, 11) is 0. The van der Waals surface area contributed by atoms with Gasteiger partial charge in [-0.3, -0.25) is 0 Å². The predicted octanol–water partition coefficient (Wildman–Crippen LogP) is 6.07. The van der Waals surface area contributed by atoms with Crippen LogP contribution in [0.3, 0.4) is 0 Å². The minimum atomic E-state index is -4.72. The number of carbonyl (C=O) groups is 1. The van der Waals surface area contributed by atoms with Gasteiger partial charge in [0.15, 0.2) is 5.58 Å². The standard InChI is InChI=1S/C21H22ClF3N4O3S/c1-11-10-28(19(30)32-20(2,3)4)6-7-29(11)18-27-15-14(21(23,24)25)13(22)9-12(16(15)31-18)17-26-5-8-33-17/h5,8-9,11H,6-7,10H2,1-4H3. The third-order valence-electron chi connectivity index (χ3n) is 5.08. The second-order valence-electron chi connectivity index (χ2n) is 8.76. The predicted molar refractivity (Wildman–Crippen MR) is 120 cm³/mol. The summed E-state index contributed by atoms with van der Waals surface area (Å²) in [5.41, 5.74) is -1.72. The van der Waals surface area contributed by atoms with Crippen LogP contribution in [0.5, 0.6) is 0 Å². The van der Waals surface area contributed by atoms with Crippen molar-refractivity contribution >= 4 is 46.1 Å². The van der Waals surface area contributed by atoms with Gasteiger partial charge in [0.05, 0.1) is 10.6 Å². The van der Waals surface area contributed by atoms with Crippen molar-refractivity contribution < 1.29 is 27.1 Å². The zero-order chi connectivity index (χ0) is 24.1. The largest absolute Gasteiger partial charge is 0.444 e. The summed E-state index contributed by atoms with van der Waals surface area (Å²) in [6.07, 6.45) is -3.61. The monoisotopic (exact) mass is 502 g/mol. The number of halogens is 4. The maximum absolute atomic E-state index is 13.8. The van der Waals surface area contributed by atoms with E-state index >= 15 is 0 Å². The van der Waals surface area contributed by atoms with Crippen LogP contribution >= 0.6 is 22.9 Å². The normalized spacial score (nSPS) is 17.6. The Kier molecular flexibility index (Phi) is 5.98. The fourth-order valence-corrected chi connectivity index (χ4v) is 4.64. The maximum Gasteiger partial charge on any atom is 0.420 e. The number of rotatable bonds is 2. The number of carbonyl (C=O) groups excluding carboxylic acids is 1. The second-order valence-corrected chi connectivity index (χ2v) is 10.1. The molecule has 0 spiro atoms. The average molecular weight is 503 g/mol. The molecule has 1 aliphatic rings. The summed E-state index contributed by atoms with van der Waals surface area (Å²) in [5.74, 6) is 0. The summed E-state index contributed by atoms with van der Waals surface area (Å²) >= 11 is 7.30. The van der Waals surface area contributed by atoms with Gasteiger partial charge >= 0.3 is 12.3 Å². The number of aromatic nitrogens is 2. The third kappa shape index (κ3) is 4.74. The Morgan fingerprint density at radius 1 is 1.30 bits per heavy atom. The molecule has 12 heteroatoms. The van der Waals surface area contributed by atoms with Crippen LogP contribution < -0.4 is 4.90 Å². The highest BCUT2D eigenvalue weighted by Gasteiger charge is 2.39. The van der Waals surface area contributed by atoms with Crippen LogP contribution in [-0.2, 0) is 10.9 Å². The van der Waals surface area contributed by atoms with Gasteiger partial charge in [-0.15, -0.1) is 11.3 Å². The van der Waals surface area contributed by atoms with E-state index in [1.54, 1.807) is 42.1 Å². The van der Waals surface area contributed by atoms with Crippen LogP contribution in [0.1, 0.15) is 33.3 Å². The molecule has 1 saturated heterocycles. The van der Waals surface area contributed by atoms with Crippen LogP contribution in [0.4, 0.5) is 24.0 Å². The molecule has 0 saturated carbocycles. The Bertz CT molecular complexity index is 1170. The van der Waals surface area contributed by atoms with Crippen LogP contribution in [-0.4, -0.2) is 52.2 Å². The number of fused-ring (bicyclic) bond motifs is 1. The molecule has 3 aromatic rings. The first-order valence-electron chi connectivity index (χ1n) is 10.2. The smallest absolute Gasteiger partial charge is 0.420 e. The third-order valence-corrected chi connectivity index (χ3v) is 6.18. The highest BCUT2D eigenvalue weighted by molar-refractivity contribution is 7.13. The van der Waals surface area contributed by atoms with E-state index in [0.29, 0.717) is 30.2 Å². The maximum atomic E-state index is 13.8. The molecule has 1 aromatic carbocycles. The SMILES string of the molecule is CC1CN(C(=O)OC(C)(C)C)CCN1c1nc2c(C(F)(F)F)c(Cl)cc(-c3nccs3)c2o1. The van der Waals surface area contributed by atoms with Gasteiger partial charge in [-0.25, -0.2) is 9.78 Å². The molecule has 4 rings (SSSR count). The number of oxazole rings is 1. The van der Waals surface area contributed by atoms with Crippen LogP contribution in [0.15, 0.2) is 22.1 Å². The number of anilines is 1. The van der Waals surface area contributed by atoms with Crippen LogP contribution in [0, 0.1) is 0 Å². The number of amides is 1. The first-order chi connectivity index (χ1) is 15.3. The topological polar surface area (TPSA) is 71.7 Å². The van der Waals surface area contributed by atoms with Crippen LogP contribution in [0.25, 0.3) is 21.7 Å². The molecule has 0 aliphatic carbocycles. The van der Waals surface area contributed by atoms with Crippen molar-refractivity contribution in [1.82, 2.24) is 14.9 Å². The molecule has 7 nitrogen and oxygen atoms in total. The number of piperazine rings is 1. The Morgan fingerprint density at radius 3 is 2.61 bits per heavy atom. The Balaban J connectivity index is 1.71. The van der Waals surface area contributed by atoms with Crippen molar-refractivity contribution in [2.45, 2.75) is 45.5 Å². The van der Waals surface area contributed by atoms with Gasteiger partial charge in [0.1, 0.15) is 21.7 Å². The zero-order valence-corrected chi connectivity index (χ0v) is 19.9. The number of nitrogens with zero attached hydrogens (tertiary/aromatic N) is 4. The highest BCUT2D eigenvalue weighted by Crippen LogP contribution is 2.45. The highest BCUT2D eigenvalue weighted by atomic mass is 35.5. The molecule has 33 heavy (non-hydrogen) atoms. The number of hydrogen-bond acceptors (Lipinski definition) is 7. The molecule has 1 amide bonds. The van der Waals surface area contributed by atoms with Crippen molar-refractivity contribution in [3.63, 3.8) is 0 Å². The number of alkyl halides is 3. The molecule has 0 bridgehead atoms. The van der Waals surface area contributed by atoms with E-state index in [9.17, 15) is 18.0 Å². The van der Waals surface area contributed by atoms with Crippen molar-refractivity contribution in [3.05, 3.63) is 28.2 Å². The molecular formula is C21H22ClF3N4O3S. The second kappa shape index (κ2) is 8.35. The lowest BCUT2D eigenvalue weighted by Gasteiger charge is -2.39. The minimum Gasteiger partial charge on any atom is -0.444 e. The Labute approximate surface area is 197 Å². The van der Waals surface area contributed by atoms with Crippen molar-refractivity contribution in [2.24, 2.45) is 0 Å². The summed E-state index contributed by atoms with van der Waals surface area (Å²) in [6.45, 7) is 8.12. The fraction of sp³-hybridized carbons (Fsp3) is 0.476. The number of benzene rings is 1. The molecule has 1 atom stereocenters. The van der Waals surface area contributed by atoms with Gasteiger partial charge in [0, 0.05) is 37.3 Å². The van der Waals surface area contributed by atoms with E-state index < -0.39 is 28.5 Å². The van der Waals surface area contributed by atoms with Gasteiger partial charge in [0.2, 0.25) is 0 Å². The van der Waals surface area contributed by atoms with E-state index in [2.05, 4.69) is 9.97 Å². The Morgan fingerprint density at radius 2 is 2.03 bits per heavy atom. The molecule has 1 fully saturated rings. The lowest BCUT2D eigenvalue weighted by Crippen LogP contribution is -2.54. The van der Waals surface area contributed by atoms with E-state index in [-0.39, 0.29) is 23.2 Å². The van der Waals surface area contributed by atoms with Crippen molar-refractivity contribution in [1.29, 1.82) is 0 Å². The van der Waals surface area contributed by atoms with E-state index in [0.717, 1.165) is 0 Å². The quantitative estimate of drug-likeness (QED) is 0.423. The van der Waals surface area contributed by atoms with Gasteiger partial charge in [-0.1, -0.05) is 11.6 Å². The number of thiazole rings is 1. The first-order valence-corrected chi connectivity index (χ1v) is 11.5. The molecule has 1 unspecified atom stereocenters. The summed E-state index contributed by atoms with van der Waals surface area (Å²) < 4.78 is 52.7. The molecule has 178 valence electrons. The number of hydrogen-bond donors (Lipinski definition) is 0. The molecule has 1 aliphatic heterocycles. The van der Waals surface area contributed by atoms with Gasteiger partial charge < -0.3 is 19.0 Å². The van der Waals surface area contributed by atoms with Gasteiger partial charge in [0.25, 0.3) is 6.01 Å². The minimum absolute atomic E-state index is 0.0292. The van der Waals surface area contributed by atoms with Crippen molar-refractivity contribution in [3.8, 4) is 10.6 Å². The molecule has 0 radical (unpaired) electrons. The molecule has 3 heterocycles.